The first-order valence-electron chi connectivity index (χ1n) is 9.36. The molecule has 1 fully saturated rings. The van der Waals surface area contributed by atoms with Crippen LogP contribution < -0.4 is 5.32 Å². The fourth-order valence-corrected chi connectivity index (χ4v) is 3.23. The number of hydrogen-bond donors (Lipinski definition) is 1. The van der Waals surface area contributed by atoms with Gasteiger partial charge < -0.3 is 10.2 Å². The van der Waals surface area contributed by atoms with Gasteiger partial charge in [0.05, 0.1) is 0 Å². The summed E-state index contributed by atoms with van der Waals surface area (Å²) in [6, 6.07) is 14.8. The van der Waals surface area contributed by atoms with Crippen molar-refractivity contribution in [2.24, 2.45) is 4.99 Å². The van der Waals surface area contributed by atoms with E-state index in [0.717, 1.165) is 50.6 Å². The molecule has 1 aromatic heterocycles. The minimum Gasteiger partial charge on any atom is -0.356 e. The number of piperidine rings is 1. The monoisotopic (exact) mass is 476 g/mol. The lowest BCUT2D eigenvalue weighted by molar-refractivity contribution is 0.376. The molecule has 0 aliphatic carbocycles. The molecule has 1 saturated heterocycles. The van der Waals surface area contributed by atoms with Crippen molar-refractivity contribution in [3.63, 3.8) is 0 Å². The summed E-state index contributed by atoms with van der Waals surface area (Å²) in [6.07, 6.45) is 7.44. The van der Waals surface area contributed by atoms with Gasteiger partial charge in [0.1, 0.15) is 0 Å². The van der Waals surface area contributed by atoms with Crippen LogP contribution in [-0.4, -0.2) is 42.5 Å². The Kier molecular flexibility index (Phi) is 8.78. The number of hydrogen-bond acceptors (Lipinski definition) is 2. The van der Waals surface area contributed by atoms with E-state index in [1.165, 1.54) is 16.7 Å². The number of rotatable bonds is 4. The predicted molar refractivity (Wildman–Crippen MR) is 125 cm³/mol. The van der Waals surface area contributed by atoms with Crippen LogP contribution in [0.5, 0.6) is 0 Å². The summed E-state index contributed by atoms with van der Waals surface area (Å²) in [5, 5.41) is 3.50. The summed E-state index contributed by atoms with van der Waals surface area (Å²) in [5.74, 6) is 1.00. The largest absolute Gasteiger partial charge is 0.356 e. The zero-order valence-corrected chi connectivity index (χ0v) is 18.5. The quantitative estimate of drug-likeness (QED) is 0.407. The second-order valence-corrected chi connectivity index (χ2v) is 6.73. The first-order valence-corrected chi connectivity index (χ1v) is 9.36. The molecule has 1 aliphatic heterocycles. The summed E-state index contributed by atoms with van der Waals surface area (Å²) in [4.78, 5) is 11.2. The molecule has 1 aromatic carbocycles. The van der Waals surface area contributed by atoms with E-state index in [9.17, 15) is 0 Å². The molecule has 0 bridgehead atoms. The molecular formula is C22H29IN4. The van der Waals surface area contributed by atoms with Crippen molar-refractivity contribution in [1.82, 2.24) is 15.2 Å². The van der Waals surface area contributed by atoms with Crippen molar-refractivity contribution >= 4 is 36.0 Å². The smallest absolute Gasteiger partial charge is 0.193 e. The maximum atomic E-state index is 4.46. The molecule has 5 heteroatoms. The van der Waals surface area contributed by atoms with Crippen molar-refractivity contribution in [2.45, 2.75) is 26.2 Å². The number of halogens is 1. The Morgan fingerprint density at radius 3 is 2.52 bits per heavy atom. The number of nitrogens with zero attached hydrogens (tertiary/aromatic N) is 3. The predicted octanol–water partition coefficient (Wildman–Crippen LogP) is 4.31. The average molecular weight is 476 g/mol. The molecule has 0 radical (unpaired) electrons. The van der Waals surface area contributed by atoms with Crippen LogP contribution in [0.3, 0.4) is 0 Å². The van der Waals surface area contributed by atoms with Crippen LogP contribution in [0.4, 0.5) is 0 Å². The van der Waals surface area contributed by atoms with Gasteiger partial charge in [-0.2, -0.15) is 0 Å². The van der Waals surface area contributed by atoms with E-state index in [1.807, 2.05) is 20.2 Å². The van der Waals surface area contributed by atoms with Gasteiger partial charge in [-0.3, -0.25) is 9.98 Å². The standard InChI is InChI=1S/C22H28N4.HI/c1-18-8-9-21(17-25-18)10-13-24-22(23-2)26-14-11-20(12-15-26)16-19-6-4-3-5-7-19;/h3-9,16-17H,10-15H2,1-2H3,(H,23,24);1H. The van der Waals surface area contributed by atoms with Gasteiger partial charge in [0.2, 0.25) is 0 Å². The summed E-state index contributed by atoms with van der Waals surface area (Å²) in [5.41, 5.74) is 5.13. The van der Waals surface area contributed by atoms with Crippen LogP contribution in [0, 0.1) is 6.92 Å². The number of aromatic nitrogens is 1. The molecule has 0 saturated carbocycles. The van der Waals surface area contributed by atoms with E-state index >= 15 is 0 Å². The SMILES string of the molecule is CN=C(NCCc1ccc(C)nc1)N1CCC(=Cc2ccccc2)CC1.I. The maximum Gasteiger partial charge on any atom is 0.193 e. The Hall–Kier alpha value is -1.89. The Balaban J connectivity index is 0.00000261. The fourth-order valence-electron chi connectivity index (χ4n) is 3.23. The highest BCUT2D eigenvalue weighted by Gasteiger charge is 2.16. The Bertz CT molecular complexity index is 744. The number of pyridine rings is 1. The topological polar surface area (TPSA) is 40.5 Å². The third kappa shape index (κ3) is 6.65. The van der Waals surface area contributed by atoms with Gasteiger partial charge in [0, 0.05) is 38.6 Å². The van der Waals surface area contributed by atoms with E-state index < -0.39 is 0 Å². The number of guanidine groups is 1. The molecule has 144 valence electrons. The molecule has 2 aromatic rings. The Morgan fingerprint density at radius 1 is 1.15 bits per heavy atom. The molecule has 1 aliphatic rings. The molecule has 3 rings (SSSR count). The van der Waals surface area contributed by atoms with Crippen LogP contribution in [0.2, 0.25) is 0 Å². The molecule has 0 amide bonds. The van der Waals surface area contributed by atoms with E-state index in [2.05, 4.69) is 68.7 Å². The maximum absolute atomic E-state index is 4.46. The average Bonchev–Trinajstić information content (AvgIpc) is 2.68. The van der Waals surface area contributed by atoms with Crippen LogP contribution in [0.15, 0.2) is 59.2 Å². The van der Waals surface area contributed by atoms with E-state index in [1.54, 1.807) is 0 Å². The third-order valence-corrected chi connectivity index (χ3v) is 4.76. The van der Waals surface area contributed by atoms with Gasteiger partial charge in [-0.15, -0.1) is 24.0 Å². The molecule has 0 spiro atoms. The van der Waals surface area contributed by atoms with E-state index in [4.69, 9.17) is 0 Å². The highest BCUT2D eigenvalue weighted by Crippen LogP contribution is 2.19. The van der Waals surface area contributed by atoms with E-state index in [0.29, 0.717) is 0 Å². The molecule has 1 N–H and O–H groups in total. The lowest BCUT2D eigenvalue weighted by Crippen LogP contribution is -2.45. The van der Waals surface area contributed by atoms with Crippen molar-refractivity contribution in [3.8, 4) is 0 Å². The zero-order valence-electron chi connectivity index (χ0n) is 16.2. The van der Waals surface area contributed by atoms with Gasteiger partial charge in [0.25, 0.3) is 0 Å². The lowest BCUT2D eigenvalue weighted by atomic mass is 10.0. The van der Waals surface area contributed by atoms with Gasteiger partial charge in [0.15, 0.2) is 5.96 Å². The van der Waals surface area contributed by atoms with E-state index in [-0.39, 0.29) is 24.0 Å². The summed E-state index contributed by atoms with van der Waals surface area (Å²) < 4.78 is 0. The van der Waals surface area contributed by atoms with Gasteiger partial charge in [-0.05, 0) is 43.4 Å². The summed E-state index contributed by atoms with van der Waals surface area (Å²) in [6.45, 7) is 4.93. The third-order valence-electron chi connectivity index (χ3n) is 4.76. The molecular weight excluding hydrogens is 447 g/mol. The van der Waals surface area contributed by atoms with Crippen molar-refractivity contribution in [1.29, 1.82) is 0 Å². The lowest BCUT2D eigenvalue weighted by Gasteiger charge is -2.31. The summed E-state index contributed by atoms with van der Waals surface area (Å²) >= 11 is 0. The number of likely N-dealkylation sites (tertiary alicyclic amines) is 1. The highest BCUT2D eigenvalue weighted by atomic mass is 127. The molecule has 0 atom stereocenters. The normalized spacial score (nSPS) is 14.5. The van der Waals surface area contributed by atoms with Crippen molar-refractivity contribution < 1.29 is 0 Å². The molecule has 0 unspecified atom stereocenters. The van der Waals surface area contributed by atoms with Crippen LogP contribution in [-0.2, 0) is 6.42 Å². The minimum atomic E-state index is 0. The molecule has 4 nitrogen and oxygen atoms in total. The Morgan fingerprint density at radius 2 is 1.89 bits per heavy atom. The molecule has 27 heavy (non-hydrogen) atoms. The number of benzene rings is 1. The summed E-state index contributed by atoms with van der Waals surface area (Å²) in [7, 11) is 1.87. The van der Waals surface area contributed by atoms with Crippen LogP contribution in [0.1, 0.15) is 29.7 Å². The van der Waals surface area contributed by atoms with Gasteiger partial charge in [-0.25, -0.2) is 0 Å². The highest BCUT2D eigenvalue weighted by molar-refractivity contribution is 14.0. The first-order chi connectivity index (χ1) is 12.7. The van der Waals surface area contributed by atoms with Crippen LogP contribution in [0.25, 0.3) is 6.08 Å². The van der Waals surface area contributed by atoms with Crippen LogP contribution >= 0.6 is 24.0 Å². The zero-order chi connectivity index (χ0) is 18.2. The van der Waals surface area contributed by atoms with Crippen molar-refractivity contribution in [3.05, 3.63) is 71.1 Å². The first kappa shape index (κ1) is 21.4. The number of aliphatic imine (C=N–C) groups is 1. The Labute approximate surface area is 179 Å². The number of nitrogens with one attached hydrogen (secondary N) is 1. The second kappa shape index (κ2) is 11.1. The van der Waals surface area contributed by atoms with Gasteiger partial charge in [-0.1, -0.05) is 48.0 Å². The molecule has 2 heterocycles. The fraction of sp³-hybridized carbons (Fsp3) is 0.364. The van der Waals surface area contributed by atoms with Gasteiger partial charge >= 0.3 is 0 Å². The minimum absolute atomic E-state index is 0. The van der Waals surface area contributed by atoms with Crippen molar-refractivity contribution in [2.75, 3.05) is 26.7 Å². The second-order valence-electron chi connectivity index (χ2n) is 6.73. The number of aryl methyl sites for hydroxylation is 1.